The van der Waals surface area contributed by atoms with Crippen LogP contribution in [-0.2, 0) is 13.1 Å². The number of rotatable bonds is 5. The van der Waals surface area contributed by atoms with Crippen LogP contribution in [0.5, 0.6) is 0 Å². The Kier molecular flexibility index (Phi) is 5.08. The van der Waals surface area contributed by atoms with Crippen LogP contribution in [0.3, 0.4) is 0 Å². The van der Waals surface area contributed by atoms with Crippen LogP contribution < -0.4 is 5.32 Å². The van der Waals surface area contributed by atoms with E-state index < -0.39 is 0 Å². The summed E-state index contributed by atoms with van der Waals surface area (Å²) in [6.07, 6.45) is 9.58. The molecule has 0 saturated heterocycles. The Morgan fingerprint density at radius 1 is 1.13 bits per heavy atom. The van der Waals surface area contributed by atoms with Gasteiger partial charge in [-0.2, -0.15) is 0 Å². The first kappa shape index (κ1) is 15.7. The van der Waals surface area contributed by atoms with Crippen LogP contribution in [-0.4, -0.2) is 21.4 Å². The van der Waals surface area contributed by atoms with Crippen molar-refractivity contribution in [2.24, 2.45) is 0 Å². The van der Waals surface area contributed by atoms with Gasteiger partial charge in [-0.25, -0.2) is 0 Å². The number of hydrogen-bond acceptors (Lipinski definition) is 4. The first-order valence-corrected chi connectivity index (χ1v) is 8.35. The van der Waals surface area contributed by atoms with E-state index in [4.69, 9.17) is 0 Å². The Morgan fingerprint density at radius 3 is 2.48 bits per heavy atom. The van der Waals surface area contributed by atoms with Crippen LogP contribution in [0.15, 0.2) is 71.0 Å². The fourth-order valence-electron chi connectivity index (χ4n) is 2.50. The van der Waals surface area contributed by atoms with Crippen LogP contribution in [0.4, 0.5) is 0 Å². The first-order chi connectivity index (χ1) is 11.2. The number of halogens is 1. The minimum atomic E-state index is 0.769. The van der Waals surface area contributed by atoms with Crippen LogP contribution in [0.1, 0.15) is 18.1 Å². The SMILES string of the molecule is CC1=CC(NCc2cccnc2)=C(Br)CN1Cc1cccnc1. The fourth-order valence-corrected chi connectivity index (χ4v) is 3.05. The van der Waals surface area contributed by atoms with Crippen molar-refractivity contribution >= 4 is 15.9 Å². The zero-order valence-corrected chi connectivity index (χ0v) is 14.6. The van der Waals surface area contributed by atoms with E-state index in [0.717, 1.165) is 29.8 Å². The monoisotopic (exact) mass is 370 g/mol. The Labute approximate surface area is 145 Å². The van der Waals surface area contributed by atoms with Crippen LogP contribution in [0.2, 0.25) is 0 Å². The Balaban J connectivity index is 1.64. The lowest BCUT2D eigenvalue weighted by Crippen LogP contribution is -2.29. The third-order valence-corrected chi connectivity index (χ3v) is 4.45. The number of hydrogen-bond donors (Lipinski definition) is 1. The van der Waals surface area contributed by atoms with Gasteiger partial charge in [-0.3, -0.25) is 9.97 Å². The molecule has 0 aromatic carbocycles. The van der Waals surface area contributed by atoms with E-state index in [1.165, 1.54) is 16.8 Å². The summed E-state index contributed by atoms with van der Waals surface area (Å²) >= 11 is 3.71. The molecule has 0 bridgehead atoms. The second-order valence-electron chi connectivity index (χ2n) is 5.54. The van der Waals surface area contributed by atoms with Gasteiger partial charge >= 0.3 is 0 Å². The Bertz CT molecular complexity index is 710. The molecule has 0 amide bonds. The molecule has 0 radical (unpaired) electrons. The minimum Gasteiger partial charge on any atom is -0.380 e. The second kappa shape index (κ2) is 7.42. The molecular weight excluding hydrogens is 352 g/mol. The molecule has 0 fully saturated rings. The molecule has 0 unspecified atom stereocenters. The molecule has 0 atom stereocenters. The van der Waals surface area contributed by atoms with Crippen molar-refractivity contribution in [3.63, 3.8) is 0 Å². The van der Waals surface area contributed by atoms with Crippen LogP contribution >= 0.6 is 15.9 Å². The van der Waals surface area contributed by atoms with E-state index in [0.29, 0.717) is 0 Å². The highest BCUT2D eigenvalue weighted by atomic mass is 79.9. The number of nitrogens with one attached hydrogen (secondary N) is 1. The molecule has 4 nitrogen and oxygen atoms in total. The highest BCUT2D eigenvalue weighted by molar-refractivity contribution is 9.11. The standard InChI is InChI=1S/C18H19BrN4/c1-14-8-18(22-11-15-4-2-6-20-9-15)17(19)13-23(14)12-16-5-3-7-21-10-16/h2-10,22H,11-13H2,1H3. The average Bonchev–Trinajstić information content (AvgIpc) is 2.58. The summed E-state index contributed by atoms with van der Waals surface area (Å²) in [6, 6.07) is 8.11. The lowest BCUT2D eigenvalue weighted by Gasteiger charge is -2.30. The molecule has 5 heteroatoms. The number of nitrogens with zero attached hydrogens (tertiary/aromatic N) is 3. The van der Waals surface area contributed by atoms with Gasteiger partial charge in [0.05, 0.1) is 6.54 Å². The normalized spacial score (nSPS) is 14.7. The van der Waals surface area contributed by atoms with Gasteiger partial charge in [0.2, 0.25) is 0 Å². The van der Waals surface area contributed by atoms with Crippen molar-refractivity contribution in [2.45, 2.75) is 20.0 Å². The maximum absolute atomic E-state index is 4.18. The predicted octanol–water partition coefficient (Wildman–Crippen LogP) is 3.59. The lowest BCUT2D eigenvalue weighted by atomic mass is 10.1. The molecule has 118 valence electrons. The molecule has 0 spiro atoms. The van der Waals surface area contributed by atoms with E-state index in [2.05, 4.69) is 61.2 Å². The third-order valence-electron chi connectivity index (χ3n) is 3.78. The molecule has 1 aliphatic heterocycles. The van der Waals surface area contributed by atoms with Crippen molar-refractivity contribution in [3.05, 3.63) is 82.1 Å². The first-order valence-electron chi connectivity index (χ1n) is 7.56. The van der Waals surface area contributed by atoms with Gasteiger partial charge in [-0.05, 0) is 36.3 Å². The molecule has 1 aliphatic rings. The lowest BCUT2D eigenvalue weighted by molar-refractivity contribution is 0.364. The smallest absolute Gasteiger partial charge is 0.0516 e. The number of allylic oxidation sites excluding steroid dienone is 2. The largest absolute Gasteiger partial charge is 0.380 e. The highest BCUT2D eigenvalue weighted by Gasteiger charge is 2.16. The summed E-state index contributed by atoms with van der Waals surface area (Å²) < 4.78 is 1.16. The van der Waals surface area contributed by atoms with E-state index >= 15 is 0 Å². The molecule has 0 saturated carbocycles. The topological polar surface area (TPSA) is 41.1 Å². The van der Waals surface area contributed by atoms with Gasteiger partial charge in [0, 0.05) is 53.8 Å². The maximum Gasteiger partial charge on any atom is 0.0516 e. The van der Waals surface area contributed by atoms with Gasteiger partial charge in [0.15, 0.2) is 0 Å². The van der Waals surface area contributed by atoms with Gasteiger partial charge in [-0.15, -0.1) is 0 Å². The Hall–Kier alpha value is -2.14. The van der Waals surface area contributed by atoms with Crippen molar-refractivity contribution < 1.29 is 0 Å². The van der Waals surface area contributed by atoms with Gasteiger partial charge in [-0.1, -0.05) is 28.1 Å². The van der Waals surface area contributed by atoms with E-state index in [1.54, 1.807) is 12.4 Å². The van der Waals surface area contributed by atoms with Crippen molar-refractivity contribution in [2.75, 3.05) is 6.54 Å². The van der Waals surface area contributed by atoms with Crippen LogP contribution in [0.25, 0.3) is 0 Å². The summed E-state index contributed by atoms with van der Waals surface area (Å²) in [5, 5.41) is 3.48. The van der Waals surface area contributed by atoms with Gasteiger partial charge in [0.1, 0.15) is 0 Å². The summed E-state index contributed by atoms with van der Waals surface area (Å²) in [5.41, 5.74) is 4.76. The molecule has 1 N–H and O–H groups in total. The summed E-state index contributed by atoms with van der Waals surface area (Å²) in [5.74, 6) is 0. The molecule has 23 heavy (non-hydrogen) atoms. The predicted molar refractivity (Wildman–Crippen MR) is 95.4 cm³/mol. The molecule has 0 aliphatic carbocycles. The number of pyridine rings is 2. The highest BCUT2D eigenvalue weighted by Crippen LogP contribution is 2.24. The van der Waals surface area contributed by atoms with Gasteiger partial charge < -0.3 is 10.2 Å². The van der Waals surface area contributed by atoms with Crippen molar-refractivity contribution in [3.8, 4) is 0 Å². The quantitative estimate of drug-likeness (QED) is 0.872. The van der Waals surface area contributed by atoms with Crippen LogP contribution in [0, 0.1) is 0 Å². The molecule has 2 aromatic rings. The number of aromatic nitrogens is 2. The van der Waals surface area contributed by atoms with E-state index in [9.17, 15) is 0 Å². The van der Waals surface area contributed by atoms with E-state index in [-0.39, 0.29) is 0 Å². The zero-order valence-electron chi connectivity index (χ0n) is 13.0. The maximum atomic E-state index is 4.18. The molecule has 3 rings (SSSR count). The second-order valence-corrected chi connectivity index (χ2v) is 6.49. The molecular formula is C18H19BrN4. The van der Waals surface area contributed by atoms with E-state index in [1.807, 2.05) is 24.5 Å². The van der Waals surface area contributed by atoms with Crippen molar-refractivity contribution in [1.82, 2.24) is 20.2 Å². The third kappa shape index (κ3) is 4.20. The average molecular weight is 371 g/mol. The summed E-state index contributed by atoms with van der Waals surface area (Å²) in [4.78, 5) is 10.7. The minimum absolute atomic E-state index is 0.769. The zero-order chi connectivity index (χ0) is 16.1. The Morgan fingerprint density at radius 2 is 1.83 bits per heavy atom. The summed E-state index contributed by atoms with van der Waals surface area (Å²) in [6.45, 7) is 4.62. The fraction of sp³-hybridized carbons (Fsp3) is 0.222. The molecule has 2 aromatic heterocycles. The summed E-state index contributed by atoms with van der Waals surface area (Å²) in [7, 11) is 0. The van der Waals surface area contributed by atoms with Crippen molar-refractivity contribution in [1.29, 1.82) is 0 Å². The molecule has 3 heterocycles. The van der Waals surface area contributed by atoms with Gasteiger partial charge in [0.25, 0.3) is 0 Å².